The summed E-state index contributed by atoms with van der Waals surface area (Å²) in [6.45, 7) is 2.81. The van der Waals surface area contributed by atoms with Gasteiger partial charge in [0.2, 0.25) is 5.91 Å². The third kappa shape index (κ3) is 5.15. The van der Waals surface area contributed by atoms with E-state index in [9.17, 15) is 19.5 Å². The highest BCUT2D eigenvalue weighted by atomic mass is 32.2. The maximum absolute atomic E-state index is 12.9. The van der Waals surface area contributed by atoms with Crippen LogP contribution in [0, 0.1) is 5.92 Å². The zero-order valence-electron chi connectivity index (χ0n) is 16.0. The fourth-order valence-corrected chi connectivity index (χ4v) is 3.90. The van der Waals surface area contributed by atoms with E-state index in [1.807, 2.05) is 12.1 Å². The van der Waals surface area contributed by atoms with E-state index in [1.165, 1.54) is 11.8 Å². The first-order valence-electron chi connectivity index (χ1n) is 8.66. The van der Waals surface area contributed by atoms with Gasteiger partial charge in [0.15, 0.2) is 16.6 Å². The Balaban J connectivity index is 2.21. The van der Waals surface area contributed by atoms with Crippen LogP contribution in [-0.2, 0) is 27.2 Å². The minimum absolute atomic E-state index is 0.0631. The molecule has 0 aliphatic heterocycles. The Bertz CT molecular complexity index is 702. The highest BCUT2D eigenvalue weighted by Gasteiger charge is 2.34. The molecule has 27 heavy (non-hydrogen) atoms. The molecule has 8 heteroatoms. The number of fused-ring (bicyclic) bond motifs is 1. The molecule has 1 aliphatic rings. The number of benzene rings is 1. The van der Waals surface area contributed by atoms with E-state index in [2.05, 4.69) is 0 Å². The summed E-state index contributed by atoms with van der Waals surface area (Å²) in [5.41, 5.74) is 2.04. The van der Waals surface area contributed by atoms with Crippen molar-refractivity contribution in [2.45, 2.75) is 32.7 Å². The number of hydrogen-bond acceptors (Lipinski definition) is 6. The van der Waals surface area contributed by atoms with Gasteiger partial charge in [-0.25, -0.2) is 0 Å². The topological polar surface area (TPSA) is 93.1 Å². The molecule has 1 aliphatic carbocycles. The summed E-state index contributed by atoms with van der Waals surface area (Å²) in [7, 11) is 3.12. The summed E-state index contributed by atoms with van der Waals surface area (Å²) >= 11 is 1.08. The van der Waals surface area contributed by atoms with Crippen LogP contribution in [0.3, 0.4) is 0 Å². The molecule has 0 fully saturated rings. The van der Waals surface area contributed by atoms with Crippen LogP contribution in [0.25, 0.3) is 0 Å². The molecule has 1 atom stereocenters. The number of hydrogen-bond donors (Lipinski definition) is 1. The molecular weight excluding hydrogens is 370 g/mol. The minimum atomic E-state index is -1.05. The van der Waals surface area contributed by atoms with Gasteiger partial charge in [0.25, 0.3) is 0 Å². The molecular formula is C19H25NO6S. The second-order valence-corrected chi connectivity index (χ2v) is 7.80. The maximum Gasteiger partial charge on any atom is 0.323 e. The number of rotatable bonds is 8. The van der Waals surface area contributed by atoms with Gasteiger partial charge >= 0.3 is 5.97 Å². The molecule has 1 aromatic rings. The Morgan fingerprint density at radius 1 is 1.19 bits per heavy atom. The Labute approximate surface area is 163 Å². The molecule has 1 amide bonds. The Morgan fingerprint density at radius 2 is 1.70 bits per heavy atom. The molecule has 148 valence electrons. The first-order valence-corrected chi connectivity index (χ1v) is 9.64. The number of aliphatic carboxylic acids is 1. The number of nitrogens with zero attached hydrogens (tertiary/aromatic N) is 1. The van der Waals surface area contributed by atoms with E-state index in [0.717, 1.165) is 22.9 Å². The van der Waals surface area contributed by atoms with Gasteiger partial charge in [-0.2, -0.15) is 0 Å². The Morgan fingerprint density at radius 3 is 2.11 bits per heavy atom. The molecule has 1 aromatic carbocycles. The number of carbonyl (C=O) groups excluding carboxylic acids is 2. The number of thioether (sulfide) groups is 1. The smallest absolute Gasteiger partial charge is 0.323 e. The van der Waals surface area contributed by atoms with Gasteiger partial charge in [-0.1, -0.05) is 18.7 Å². The molecule has 0 spiro atoms. The summed E-state index contributed by atoms with van der Waals surface area (Å²) in [4.78, 5) is 36.8. The molecule has 0 radical (unpaired) electrons. The number of carboxylic acids is 1. The quantitative estimate of drug-likeness (QED) is 0.719. The number of ether oxygens (including phenoxy) is 2. The van der Waals surface area contributed by atoms with Gasteiger partial charge in [0, 0.05) is 24.6 Å². The van der Waals surface area contributed by atoms with Gasteiger partial charge in [0.1, 0.15) is 6.54 Å². The fourth-order valence-electron chi connectivity index (χ4n) is 3.27. The fraction of sp³-hybridized carbons (Fsp3) is 0.526. The average molecular weight is 395 g/mol. The highest BCUT2D eigenvalue weighted by Crippen LogP contribution is 2.36. The lowest BCUT2D eigenvalue weighted by molar-refractivity contribution is -0.147. The monoisotopic (exact) mass is 395 g/mol. The number of methoxy groups -OCH3 is 2. The largest absolute Gasteiger partial charge is 0.493 e. The molecule has 1 N–H and O–H groups in total. The predicted molar refractivity (Wildman–Crippen MR) is 102 cm³/mol. The Hall–Kier alpha value is -2.22. The molecule has 0 heterocycles. The minimum Gasteiger partial charge on any atom is -0.493 e. The second kappa shape index (κ2) is 9.12. The average Bonchev–Trinajstić information content (AvgIpc) is 3.04. The predicted octanol–water partition coefficient (Wildman–Crippen LogP) is 2.00. The lowest BCUT2D eigenvalue weighted by Gasteiger charge is -2.29. The third-order valence-electron chi connectivity index (χ3n) is 4.60. The lowest BCUT2D eigenvalue weighted by Crippen LogP contribution is -2.46. The van der Waals surface area contributed by atoms with Gasteiger partial charge in [-0.3, -0.25) is 14.4 Å². The molecule has 0 aromatic heterocycles. The SMILES string of the molecule is COc1cc2c(cc1OC)CC(N(CC(=O)O)C(=O)C(C)CSC(C)=O)C2. The van der Waals surface area contributed by atoms with Crippen molar-refractivity contribution >= 4 is 28.8 Å². The highest BCUT2D eigenvalue weighted by molar-refractivity contribution is 8.13. The summed E-state index contributed by atoms with van der Waals surface area (Å²) in [6, 6.07) is 3.52. The van der Waals surface area contributed by atoms with Crippen molar-refractivity contribution in [3.63, 3.8) is 0 Å². The zero-order valence-corrected chi connectivity index (χ0v) is 16.8. The van der Waals surface area contributed by atoms with Gasteiger partial charge < -0.3 is 19.5 Å². The van der Waals surface area contributed by atoms with Crippen LogP contribution >= 0.6 is 11.8 Å². The van der Waals surface area contributed by atoms with Crippen molar-refractivity contribution in [1.82, 2.24) is 4.90 Å². The van der Waals surface area contributed by atoms with Crippen LogP contribution in [0.4, 0.5) is 0 Å². The summed E-state index contributed by atoms with van der Waals surface area (Å²) < 4.78 is 10.7. The van der Waals surface area contributed by atoms with Crippen LogP contribution in [0.2, 0.25) is 0 Å². The Kier molecular flexibility index (Phi) is 7.12. The first kappa shape index (κ1) is 21.1. The summed E-state index contributed by atoms with van der Waals surface area (Å²) in [5.74, 6) is -0.181. The van der Waals surface area contributed by atoms with E-state index in [0.29, 0.717) is 30.1 Å². The van der Waals surface area contributed by atoms with Gasteiger partial charge in [0.05, 0.1) is 14.2 Å². The second-order valence-electron chi connectivity index (χ2n) is 6.60. The van der Waals surface area contributed by atoms with Crippen LogP contribution < -0.4 is 9.47 Å². The van der Waals surface area contributed by atoms with Gasteiger partial charge in [-0.05, 0) is 36.1 Å². The first-order chi connectivity index (χ1) is 12.8. The van der Waals surface area contributed by atoms with E-state index in [-0.39, 0.29) is 23.6 Å². The molecule has 1 unspecified atom stereocenters. The van der Waals surface area contributed by atoms with E-state index in [4.69, 9.17) is 9.47 Å². The molecule has 0 bridgehead atoms. The third-order valence-corrected chi connectivity index (χ3v) is 5.68. The molecule has 0 saturated heterocycles. The zero-order chi connectivity index (χ0) is 20.1. The van der Waals surface area contributed by atoms with Crippen molar-refractivity contribution in [2.24, 2.45) is 5.92 Å². The maximum atomic E-state index is 12.9. The van der Waals surface area contributed by atoms with Crippen LogP contribution in [0.15, 0.2) is 12.1 Å². The van der Waals surface area contributed by atoms with Crippen molar-refractivity contribution in [3.05, 3.63) is 23.3 Å². The molecule has 2 rings (SSSR count). The van der Waals surface area contributed by atoms with E-state index in [1.54, 1.807) is 21.1 Å². The van der Waals surface area contributed by atoms with Crippen LogP contribution in [0.5, 0.6) is 11.5 Å². The van der Waals surface area contributed by atoms with Crippen molar-refractivity contribution in [3.8, 4) is 11.5 Å². The van der Waals surface area contributed by atoms with Crippen molar-refractivity contribution in [2.75, 3.05) is 26.5 Å². The van der Waals surface area contributed by atoms with Crippen molar-refractivity contribution < 1.29 is 29.0 Å². The standard InChI is InChI=1S/C19H25NO6S/c1-11(10-27-12(2)21)19(24)20(9-18(22)23)15-5-13-7-16(25-3)17(26-4)8-14(13)6-15/h7-8,11,15H,5-6,9-10H2,1-4H3,(H,22,23). The van der Waals surface area contributed by atoms with Crippen LogP contribution in [-0.4, -0.2) is 59.6 Å². The molecule has 7 nitrogen and oxygen atoms in total. The normalized spacial score (nSPS) is 14.4. The summed E-state index contributed by atoms with van der Waals surface area (Å²) in [6.07, 6.45) is 1.11. The van der Waals surface area contributed by atoms with E-state index >= 15 is 0 Å². The number of carboxylic acid groups (broad SMARTS) is 1. The van der Waals surface area contributed by atoms with E-state index < -0.39 is 11.9 Å². The van der Waals surface area contributed by atoms with Crippen LogP contribution in [0.1, 0.15) is 25.0 Å². The number of carbonyl (C=O) groups is 3. The molecule has 0 saturated carbocycles. The summed E-state index contributed by atoms with van der Waals surface area (Å²) in [5, 5.41) is 9.22. The van der Waals surface area contributed by atoms with Gasteiger partial charge in [-0.15, -0.1) is 0 Å². The number of amides is 1. The van der Waals surface area contributed by atoms with Crippen molar-refractivity contribution in [1.29, 1.82) is 0 Å². The lowest BCUT2D eigenvalue weighted by atomic mass is 10.1.